The Morgan fingerprint density at radius 1 is 1.22 bits per heavy atom. The molecule has 0 aliphatic carbocycles. The molecule has 4 nitrogen and oxygen atoms in total. The number of rotatable bonds is 3. The average molecular weight is 284 g/mol. The lowest BCUT2D eigenvalue weighted by molar-refractivity contribution is 0.0696. The van der Waals surface area contributed by atoms with Crippen LogP contribution in [0.4, 0.5) is 0 Å². The number of carbonyl (C=O) groups is 1. The van der Waals surface area contributed by atoms with Gasteiger partial charge in [0, 0.05) is 12.3 Å². The van der Waals surface area contributed by atoms with Gasteiger partial charge in [-0.05, 0) is 24.3 Å². The molecule has 0 fully saturated rings. The number of pyridine rings is 1. The van der Waals surface area contributed by atoms with Gasteiger partial charge in [0.1, 0.15) is 5.75 Å². The van der Waals surface area contributed by atoms with Crippen molar-refractivity contribution in [2.45, 2.75) is 0 Å². The molecule has 0 bridgehead atoms. The van der Waals surface area contributed by atoms with Crippen LogP contribution in [0, 0.1) is 0 Å². The predicted molar refractivity (Wildman–Crippen MR) is 67.7 cm³/mol. The first-order valence-corrected chi connectivity index (χ1v) is 5.64. The second-order valence-electron chi connectivity index (χ2n) is 3.36. The minimum Gasteiger partial charge on any atom is -0.478 e. The highest BCUT2D eigenvalue weighted by Crippen LogP contribution is 2.25. The standard InChI is InChI=1S/C12H7Cl2NO3/c13-7-1-4-11(15-6-7)18-8-2-3-10(14)9(5-8)12(16)17/h1-6H,(H,16,17). The molecule has 1 heterocycles. The zero-order chi connectivity index (χ0) is 13.1. The molecule has 0 atom stereocenters. The molecule has 0 aliphatic rings. The van der Waals surface area contributed by atoms with Gasteiger partial charge in [0.05, 0.1) is 15.6 Å². The maximum absolute atomic E-state index is 10.9. The molecule has 0 amide bonds. The molecule has 2 rings (SSSR count). The molecule has 1 aromatic heterocycles. The summed E-state index contributed by atoms with van der Waals surface area (Å²) < 4.78 is 5.39. The Morgan fingerprint density at radius 2 is 2.00 bits per heavy atom. The normalized spacial score (nSPS) is 10.1. The summed E-state index contributed by atoms with van der Waals surface area (Å²) in [5, 5.41) is 9.56. The van der Waals surface area contributed by atoms with Crippen LogP contribution in [-0.2, 0) is 0 Å². The lowest BCUT2D eigenvalue weighted by Crippen LogP contribution is -1.98. The molecule has 0 saturated heterocycles. The van der Waals surface area contributed by atoms with E-state index < -0.39 is 5.97 Å². The van der Waals surface area contributed by atoms with Gasteiger partial charge in [-0.3, -0.25) is 0 Å². The van der Waals surface area contributed by atoms with E-state index in [1.54, 1.807) is 18.2 Å². The zero-order valence-corrected chi connectivity index (χ0v) is 10.4. The number of nitrogens with zero attached hydrogens (tertiary/aromatic N) is 1. The maximum atomic E-state index is 10.9. The highest BCUT2D eigenvalue weighted by molar-refractivity contribution is 6.33. The molecule has 0 spiro atoms. The van der Waals surface area contributed by atoms with E-state index in [0.717, 1.165) is 0 Å². The van der Waals surface area contributed by atoms with Crippen LogP contribution < -0.4 is 4.74 Å². The van der Waals surface area contributed by atoms with Crippen LogP contribution in [0.2, 0.25) is 10.0 Å². The van der Waals surface area contributed by atoms with Gasteiger partial charge in [-0.2, -0.15) is 0 Å². The molecular weight excluding hydrogens is 277 g/mol. The Bertz CT molecular complexity index is 584. The van der Waals surface area contributed by atoms with Gasteiger partial charge in [0.25, 0.3) is 0 Å². The van der Waals surface area contributed by atoms with Gasteiger partial charge in [0.15, 0.2) is 0 Å². The number of aromatic nitrogens is 1. The second kappa shape index (κ2) is 5.25. The largest absolute Gasteiger partial charge is 0.478 e. The second-order valence-corrected chi connectivity index (χ2v) is 4.21. The molecule has 18 heavy (non-hydrogen) atoms. The third kappa shape index (κ3) is 2.91. The van der Waals surface area contributed by atoms with E-state index in [2.05, 4.69) is 4.98 Å². The highest BCUT2D eigenvalue weighted by atomic mass is 35.5. The summed E-state index contributed by atoms with van der Waals surface area (Å²) in [5.74, 6) is -0.459. The predicted octanol–water partition coefficient (Wildman–Crippen LogP) is 3.88. The Kier molecular flexibility index (Phi) is 3.69. The van der Waals surface area contributed by atoms with Crippen molar-refractivity contribution in [2.24, 2.45) is 0 Å². The number of benzene rings is 1. The van der Waals surface area contributed by atoms with Crippen molar-refractivity contribution in [3.05, 3.63) is 52.1 Å². The lowest BCUT2D eigenvalue weighted by Gasteiger charge is -2.06. The third-order valence-electron chi connectivity index (χ3n) is 2.09. The van der Waals surface area contributed by atoms with Crippen LogP contribution in [0.5, 0.6) is 11.6 Å². The van der Waals surface area contributed by atoms with Crippen LogP contribution in [0.3, 0.4) is 0 Å². The van der Waals surface area contributed by atoms with Crippen molar-refractivity contribution in [1.29, 1.82) is 0 Å². The first kappa shape index (κ1) is 12.7. The Hall–Kier alpha value is -1.78. The number of aromatic carboxylic acids is 1. The van der Waals surface area contributed by atoms with Gasteiger partial charge in [0.2, 0.25) is 5.88 Å². The molecule has 2 aromatic rings. The van der Waals surface area contributed by atoms with Gasteiger partial charge < -0.3 is 9.84 Å². The summed E-state index contributed by atoms with van der Waals surface area (Å²) in [6.07, 6.45) is 1.44. The average Bonchev–Trinajstić information content (AvgIpc) is 2.34. The van der Waals surface area contributed by atoms with Gasteiger partial charge in [-0.1, -0.05) is 23.2 Å². The Labute approximate surface area is 113 Å². The number of ether oxygens (including phenoxy) is 1. The van der Waals surface area contributed by atoms with Crippen LogP contribution in [0.15, 0.2) is 36.5 Å². The van der Waals surface area contributed by atoms with E-state index in [-0.39, 0.29) is 10.6 Å². The van der Waals surface area contributed by atoms with E-state index in [4.69, 9.17) is 33.0 Å². The minimum absolute atomic E-state index is 0.0249. The molecule has 0 saturated carbocycles. The zero-order valence-electron chi connectivity index (χ0n) is 8.93. The van der Waals surface area contributed by atoms with E-state index in [9.17, 15) is 4.79 Å². The maximum Gasteiger partial charge on any atom is 0.337 e. The number of hydrogen-bond acceptors (Lipinski definition) is 3. The third-order valence-corrected chi connectivity index (χ3v) is 2.64. The first-order valence-electron chi connectivity index (χ1n) is 4.88. The number of hydrogen-bond donors (Lipinski definition) is 1. The molecule has 92 valence electrons. The fourth-order valence-corrected chi connectivity index (χ4v) is 1.59. The number of halogens is 2. The van der Waals surface area contributed by atoms with Crippen LogP contribution in [-0.4, -0.2) is 16.1 Å². The summed E-state index contributed by atoms with van der Waals surface area (Å²) in [6.45, 7) is 0. The topological polar surface area (TPSA) is 59.4 Å². The molecule has 1 aromatic carbocycles. The summed E-state index contributed by atoms with van der Waals surface area (Å²) in [5.41, 5.74) is -0.0249. The summed E-state index contributed by atoms with van der Waals surface area (Å²) >= 11 is 11.4. The molecule has 1 N–H and O–H groups in total. The van der Waals surface area contributed by atoms with Crippen molar-refractivity contribution in [2.75, 3.05) is 0 Å². The molecular formula is C12H7Cl2NO3. The van der Waals surface area contributed by atoms with Crippen molar-refractivity contribution in [1.82, 2.24) is 4.98 Å². The van der Waals surface area contributed by atoms with E-state index in [1.165, 1.54) is 18.3 Å². The molecule has 0 aliphatic heterocycles. The summed E-state index contributed by atoms with van der Waals surface area (Å²) in [7, 11) is 0. The summed E-state index contributed by atoms with van der Waals surface area (Å²) in [6, 6.07) is 7.55. The fourth-order valence-electron chi connectivity index (χ4n) is 1.28. The minimum atomic E-state index is -1.12. The van der Waals surface area contributed by atoms with Gasteiger partial charge in [-0.15, -0.1) is 0 Å². The van der Waals surface area contributed by atoms with Crippen LogP contribution in [0.1, 0.15) is 10.4 Å². The summed E-state index contributed by atoms with van der Waals surface area (Å²) in [4.78, 5) is 14.8. The Balaban J connectivity index is 2.27. The van der Waals surface area contributed by atoms with E-state index in [1.807, 2.05) is 0 Å². The smallest absolute Gasteiger partial charge is 0.337 e. The number of carboxylic acids is 1. The van der Waals surface area contributed by atoms with Crippen molar-refractivity contribution in [3.63, 3.8) is 0 Å². The number of carboxylic acid groups (broad SMARTS) is 1. The monoisotopic (exact) mass is 283 g/mol. The lowest BCUT2D eigenvalue weighted by atomic mass is 10.2. The van der Waals surface area contributed by atoms with Gasteiger partial charge in [-0.25, -0.2) is 9.78 Å². The first-order chi connectivity index (χ1) is 8.56. The van der Waals surface area contributed by atoms with Crippen molar-refractivity contribution >= 4 is 29.2 Å². The quantitative estimate of drug-likeness (QED) is 0.929. The fraction of sp³-hybridized carbons (Fsp3) is 0. The van der Waals surface area contributed by atoms with Gasteiger partial charge >= 0.3 is 5.97 Å². The van der Waals surface area contributed by atoms with E-state index >= 15 is 0 Å². The van der Waals surface area contributed by atoms with Crippen molar-refractivity contribution < 1.29 is 14.6 Å². The SMILES string of the molecule is O=C(O)c1cc(Oc2ccc(Cl)cn2)ccc1Cl. The Morgan fingerprint density at radius 3 is 2.61 bits per heavy atom. The van der Waals surface area contributed by atoms with Crippen LogP contribution >= 0.6 is 23.2 Å². The molecule has 0 radical (unpaired) electrons. The van der Waals surface area contributed by atoms with E-state index in [0.29, 0.717) is 16.7 Å². The highest BCUT2D eigenvalue weighted by Gasteiger charge is 2.10. The molecule has 6 heteroatoms. The van der Waals surface area contributed by atoms with Crippen molar-refractivity contribution in [3.8, 4) is 11.6 Å². The van der Waals surface area contributed by atoms with Crippen LogP contribution in [0.25, 0.3) is 0 Å². The molecule has 0 unspecified atom stereocenters.